The summed E-state index contributed by atoms with van der Waals surface area (Å²) in [6.45, 7) is 6.83. The van der Waals surface area contributed by atoms with Crippen LogP contribution in [0.4, 0.5) is 0 Å². The van der Waals surface area contributed by atoms with Gasteiger partial charge in [-0.15, -0.1) is 0 Å². The first-order valence-electron chi connectivity index (χ1n) is 7.89. The molecule has 1 aliphatic heterocycles. The number of phenolic OH excluding ortho intramolecular Hbond substituents is 1. The number of nitrogens with zero attached hydrogens (tertiary/aromatic N) is 3. The molecule has 0 spiro atoms. The topological polar surface area (TPSA) is 74.2 Å². The van der Waals surface area contributed by atoms with Crippen molar-refractivity contribution < 1.29 is 5.11 Å². The van der Waals surface area contributed by atoms with Crippen molar-refractivity contribution in [3.63, 3.8) is 0 Å². The van der Waals surface area contributed by atoms with Crippen molar-refractivity contribution in [3.05, 3.63) is 29.8 Å². The number of hydrogen-bond donors (Lipinski definition) is 2. The zero-order valence-electron chi connectivity index (χ0n) is 13.4. The molecule has 1 aliphatic rings. The standard InChI is InChI=1S/C17H26N4O/c1-13(2)19-11-16(20-18)12-21-8-6-14(7-9-21)15-4-3-5-17(22)10-15/h3-5,10-11,13-14,22H,6-9,12,18H2,1-2H3. The van der Waals surface area contributed by atoms with E-state index in [0.717, 1.165) is 38.2 Å². The van der Waals surface area contributed by atoms with Gasteiger partial charge in [0.1, 0.15) is 5.75 Å². The van der Waals surface area contributed by atoms with Crippen LogP contribution in [0.5, 0.6) is 5.75 Å². The molecule has 1 fully saturated rings. The van der Waals surface area contributed by atoms with Gasteiger partial charge in [0, 0.05) is 18.8 Å². The van der Waals surface area contributed by atoms with Gasteiger partial charge in [0.25, 0.3) is 0 Å². The Morgan fingerprint density at radius 2 is 2.14 bits per heavy atom. The van der Waals surface area contributed by atoms with Crippen LogP contribution in [-0.2, 0) is 0 Å². The van der Waals surface area contributed by atoms with E-state index in [1.54, 1.807) is 12.3 Å². The number of hydrogen-bond acceptors (Lipinski definition) is 5. The first-order valence-corrected chi connectivity index (χ1v) is 7.89. The fourth-order valence-electron chi connectivity index (χ4n) is 2.78. The van der Waals surface area contributed by atoms with Crippen molar-refractivity contribution in [1.29, 1.82) is 0 Å². The summed E-state index contributed by atoms with van der Waals surface area (Å²) in [5, 5.41) is 13.4. The minimum atomic E-state index is 0.258. The zero-order valence-corrected chi connectivity index (χ0v) is 13.4. The van der Waals surface area contributed by atoms with Gasteiger partial charge in [-0.1, -0.05) is 12.1 Å². The second-order valence-corrected chi connectivity index (χ2v) is 6.14. The van der Waals surface area contributed by atoms with E-state index >= 15 is 0 Å². The lowest BCUT2D eigenvalue weighted by Crippen LogP contribution is -2.37. The average molecular weight is 302 g/mol. The maximum atomic E-state index is 9.60. The van der Waals surface area contributed by atoms with Crippen LogP contribution in [0.3, 0.4) is 0 Å². The lowest BCUT2D eigenvalue weighted by atomic mass is 9.89. The number of benzene rings is 1. The van der Waals surface area contributed by atoms with Crippen molar-refractivity contribution in [3.8, 4) is 5.75 Å². The Hall–Kier alpha value is -1.88. The quantitative estimate of drug-likeness (QED) is 0.498. The molecular weight excluding hydrogens is 276 g/mol. The highest BCUT2D eigenvalue weighted by Gasteiger charge is 2.21. The summed E-state index contributed by atoms with van der Waals surface area (Å²) in [4.78, 5) is 6.70. The van der Waals surface area contributed by atoms with Gasteiger partial charge in [-0.2, -0.15) is 5.10 Å². The van der Waals surface area contributed by atoms with E-state index in [1.165, 1.54) is 5.56 Å². The summed E-state index contributed by atoms with van der Waals surface area (Å²) < 4.78 is 0. The Labute approximate surface area is 132 Å². The predicted molar refractivity (Wildman–Crippen MR) is 91.8 cm³/mol. The summed E-state index contributed by atoms with van der Waals surface area (Å²) in [6.07, 6.45) is 3.96. The number of aliphatic imine (C=N–C) groups is 1. The minimum absolute atomic E-state index is 0.258. The Balaban J connectivity index is 1.87. The minimum Gasteiger partial charge on any atom is -0.508 e. The molecule has 1 aromatic rings. The SMILES string of the molecule is CC(C)N=CC(CN1CCC(c2cccc(O)c2)CC1)=NN. The number of likely N-dealkylation sites (tertiary alicyclic amines) is 1. The van der Waals surface area contributed by atoms with E-state index in [0.29, 0.717) is 11.7 Å². The second-order valence-electron chi connectivity index (χ2n) is 6.14. The molecule has 1 aromatic carbocycles. The normalized spacial score (nSPS) is 18.4. The molecule has 5 nitrogen and oxygen atoms in total. The summed E-state index contributed by atoms with van der Waals surface area (Å²) in [5.74, 6) is 6.32. The highest BCUT2D eigenvalue weighted by atomic mass is 16.3. The van der Waals surface area contributed by atoms with Gasteiger partial charge in [-0.25, -0.2) is 0 Å². The molecule has 1 saturated heterocycles. The van der Waals surface area contributed by atoms with Gasteiger partial charge in [0.15, 0.2) is 0 Å². The molecule has 0 saturated carbocycles. The smallest absolute Gasteiger partial charge is 0.115 e. The van der Waals surface area contributed by atoms with Crippen molar-refractivity contribution in [2.24, 2.45) is 15.9 Å². The monoisotopic (exact) mass is 302 g/mol. The van der Waals surface area contributed by atoms with Crippen molar-refractivity contribution >= 4 is 11.9 Å². The third-order valence-corrected chi connectivity index (χ3v) is 4.00. The molecule has 0 aromatic heterocycles. The van der Waals surface area contributed by atoms with Gasteiger partial charge >= 0.3 is 0 Å². The fourth-order valence-corrected chi connectivity index (χ4v) is 2.78. The van der Waals surface area contributed by atoms with Crippen LogP contribution < -0.4 is 5.84 Å². The van der Waals surface area contributed by atoms with Gasteiger partial charge < -0.3 is 10.9 Å². The van der Waals surface area contributed by atoms with E-state index in [9.17, 15) is 5.11 Å². The van der Waals surface area contributed by atoms with Crippen LogP contribution >= 0.6 is 0 Å². The number of nitrogens with two attached hydrogens (primary N) is 1. The Kier molecular flexibility index (Phi) is 5.95. The van der Waals surface area contributed by atoms with Gasteiger partial charge in [0.2, 0.25) is 0 Å². The molecule has 0 amide bonds. The first-order chi connectivity index (χ1) is 10.6. The van der Waals surface area contributed by atoms with Crippen molar-refractivity contribution in [1.82, 2.24) is 4.90 Å². The third-order valence-electron chi connectivity index (χ3n) is 4.00. The summed E-state index contributed by atoms with van der Waals surface area (Å²) >= 11 is 0. The first kappa shape index (κ1) is 16.5. The summed E-state index contributed by atoms with van der Waals surface area (Å²) in [7, 11) is 0. The predicted octanol–water partition coefficient (Wildman–Crippen LogP) is 2.37. The molecule has 22 heavy (non-hydrogen) atoms. The van der Waals surface area contributed by atoms with Gasteiger partial charge in [0.05, 0.1) is 5.71 Å². The van der Waals surface area contributed by atoms with Crippen LogP contribution in [0.2, 0.25) is 0 Å². The third kappa shape index (κ3) is 4.84. The van der Waals surface area contributed by atoms with Crippen LogP contribution in [0.1, 0.15) is 38.2 Å². The maximum absolute atomic E-state index is 9.60. The Morgan fingerprint density at radius 3 is 2.73 bits per heavy atom. The van der Waals surface area contributed by atoms with Gasteiger partial charge in [-0.3, -0.25) is 9.89 Å². The van der Waals surface area contributed by atoms with Crippen LogP contribution in [-0.4, -0.2) is 47.6 Å². The van der Waals surface area contributed by atoms with Crippen LogP contribution in [0, 0.1) is 0 Å². The number of phenols is 1. The molecule has 0 atom stereocenters. The second kappa shape index (κ2) is 7.94. The largest absolute Gasteiger partial charge is 0.508 e. The molecule has 120 valence electrons. The number of hydrazone groups is 1. The van der Waals surface area contributed by atoms with E-state index in [4.69, 9.17) is 5.84 Å². The Morgan fingerprint density at radius 1 is 1.41 bits per heavy atom. The fraction of sp³-hybridized carbons (Fsp3) is 0.529. The molecule has 0 bridgehead atoms. The van der Waals surface area contributed by atoms with Crippen LogP contribution in [0.25, 0.3) is 0 Å². The van der Waals surface area contributed by atoms with Crippen LogP contribution in [0.15, 0.2) is 34.4 Å². The van der Waals surface area contributed by atoms with E-state index < -0.39 is 0 Å². The number of rotatable bonds is 5. The van der Waals surface area contributed by atoms with Crippen molar-refractivity contribution in [2.45, 2.75) is 38.6 Å². The molecule has 1 heterocycles. The highest BCUT2D eigenvalue weighted by Crippen LogP contribution is 2.29. The Bertz CT molecular complexity index is 531. The lowest BCUT2D eigenvalue weighted by Gasteiger charge is -2.32. The number of piperidine rings is 1. The molecule has 0 unspecified atom stereocenters. The van der Waals surface area contributed by atoms with Gasteiger partial charge in [-0.05, 0) is 63.4 Å². The van der Waals surface area contributed by atoms with E-state index in [-0.39, 0.29) is 6.04 Å². The molecule has 0 radical (unpaired) electrons. The van der Waals surface area contributed by atoms with E-state index in [2.05, 4.69) is 21.1 Å². The van der Waals surface area contributed by atoms with E-state index in [1.807, 2.05) is 26.0 Å². The zero-order chi connectivity index (χ0) is 15.9. The maximum Gasteiger partial charge on any atom is 0.115 e. The highest BCUT2D eigenvalue weighted by molar-refractivity contribution is 6.31. The lowest BCUT2D eigenvalue weighted by molar-refractivity contribution is 0.239. The number of aromatic hydroxyl groups is 1. The average Bonchev–Trinajstić information content (AvgIpc) is 2.52. The molecular formula is C17H26N4O. The molecule has 0 aliphatic carbocycles. The van der Waals surface area contributed by atoms with Crippen molar-refractivity contribution in [2.75, 3.05) is 19.6 Å². The summed E-state index contributed by atoms with van der Waals surface area (Å²) in [6, 6.07) is 7.87. The molecule has 2 rings (SSSR count). The summed E-state index contributed by atoms with van der Waals surface area (Å²) in [5.41, 5.74) is 2.05. The molecule has 3 N–H and O–H groups in total. The molecule has 5 heteroatoms.